The molecule has 138 valence electrons. The van der Waals surface area contributed by atoms with Gasteiger partial charge in [0.05, 0.1) is 14.2 Å². The predicted octanol–water partition coefficient (Wildman–Crippen LogP) is 2.73. The van der Waals surface area contributed by atoms with Crippen LogP contribution in [0, 0.1) is 0 Å². The van der Waals surface area contributed by atoms with Gasteiger partial charge in [0.1, 0.15) is 11.7 Å². The number of hydrogen-bond donors (Lipinski definition) is 1. The average Bonchev–Trinajstić information content (AvgIpc) is 3.20. The lowest BCUT2D eigenvalue weighted by atomic mass is 10.2. The van der Waals surface area contributed by atoms with Crippen LogP contribution in [-0.4, -0.2) is 46.8 Å². The Morgan fingerprint density at radius 1 is 1.23 bits per heavy atom. The maximum absolute atomic E-state index is 12.8. The fourth-order valence-electron chi connectivity index (χ4n) is 3.13. The van der Waals surface area contributed by atoms with Gasteiger partial charge in [-0.3, -0.25) is 0 Å². The Balaban J connectivity index is 1.49. The third-order valence-electron chi connectivity index (χ3n) is 4.68. The summed E-state index contributed by atoms with van der Waals surface area (Å²) in [6.07, 6.45) is 3.91. The molecule has 2 fully saturated rings. The van der Waals surface area contributed by atoms with Gasteiger partial charge in [-0.2, -0.15) is 9.97 Å². The molecule has 9 heteroatoms. The average molecular weight is 359 g/mol. The van der Waals surface area contributed by atoms with E-state index in [0.29, 0.717) is 35.8 Å². The highest BCUT2D eigenvalue weighted by Crippen LogP contribution is 2.40. The number of nitrogens with one attached hydrogen (secondary N) is 1. The summed E-state index contributed by atoms with van der Waals surface area (Å²) >= 11 is 0. The maximum atomic E-state index is 12.8. The first kappa shape index (κ1) is 16.6. The maximum Gasteiger partial charge on any atom is 0.322 e. The number of nitrogens with zero attached hydrogens (tertiary/aromatic N) is 4. The smallest absolute Gasteiger partial charge is 0.322 e. The molecule has 0 unspecified atom stereocenters. The van der Waals surface area contributed by atoms with Crippen molar-refractivity contribution in [1.82, 2.24) is 20.0 Å². The van der Waals surface area contributed by atoms with E-state index in [1.54, 1.807) is 17.0 Å². The van der Waals surface area contributed by atoms with Crippen molar-refractivity contribution >= 4 is 11.7 Å². The standard InChI is InChI=1S/C17H21N5O4/c1-24-13-8-7-11(15(19-13)25-2)18-17(23)22-9-3-4-12(22)16-20-14(21-26-16)10-5-6-10/h7-8,10,12H,3-6,9H2,1-2H3,(H,18,23)/t12-/m0/s1. The van der Waals surface area contributed by atoms with E-state index in [1.165, 1.54) is 14.2 Å². The second-order valence-corrected chi connectivity index (χ2v) is 6.46. The lowest BCUT2D eigenvalue weighted by Crippen LogP contribution is -2.34. The van der Waals surface area contributed by atoms with E-state index < -0.39 is 0 Å². The van der Waals surface area contributed by atoms with E-state index in [2.05, 4.69) is 20.4 Å². The first-order valence-corrected chi connectivity index (χ1v) is 8.69. The van der Waals surface area contributed by atoms with Crippen molar-refractivity contribution in [2.45, 2.75) is 37.6 Å². The minimum absolute atomic E-state index is 0.202. The van der Waals surface area contributed by atoms with E-state index in [-0.39, 0.29) is 12.1 Å². The van der Waals surface area contributed by atoms with Crippen LogP contribution in [0.2, 0.25) is 0 Å². The minimum Gasteiger partial charge on any atom is -0.481 e. The molecule has 9 nitrogen and oxygen atoms in total. The van der Waals surface area contributed by atoms with Crippen LogP contribution in [0.15, 0.2) is 16.7 Å². The topological polar surface area (TPSA) is 103 Å². The molecule has 1 atom stereocenters. The third kappa shape index (κ3) is 3.16. The van der Waals surface area contributed by atoms with Crippen molar-refractivity contribution in [3.8, 4) is 11.8 Å². The summed E-state index contributed by atoms with van der Waals surface area (Å²) in [5.74, 6) is 2.40. The summed E-state index contributed by atoms with van der Waals surface area (Å²) in [4.78, 5) is 23.2. The molecule has 1 saturated heterocycles. The Kier molecular flexibility index (Phi) is 4.36. The van der Waals surface area contributed by atoms with E-state index in [1.807, 2.05) is 0 Å². The number of carbonyl (C=O) groups excluding carboxylic acids is 1. The molecule has 3 heterocycles. The summed E-state index contributed by atoms with van der Waals surface area (Å²) in [5, 5.41) is 6.91. The van der Waals surface area contributed by atoms with E-state index in [0.717, 1.165) is 31.5 Å². The molecular formula is C17H21N5O4. The number of hydrogen-bond acceptors (Lipinski definition) is 7. The van der Waals surface area contributed by atoms with Crippen LogP contribution in [0.4, 0.5) is 10.5 Å². The second-order valence-electron chi connectivity index (χ2n) is 6.46. The molecule has 0 aromatic carbocycles. The Labute approximate surface area is 150 Å². The van der Waals surface area contributed by atoms with Crippen molar-refractivity contribution < 1.29 is 18.8 Å². The number of pyridine rings is 1. The first-order valence-electron chi connectivity index (χ1n) is 8.69. The lowest BCUT2D eigenvalue weighted by molar-refractivity contribution is 0.193. The molecule has 1 saturated carbocycles. The van der Waals surface area contributed by atoms with Gasteiger partial charge in [-0.15, -0.1) is 0 Å². The fourth-order valence-corrected chi connectivity index (χ4v) is 3.13. The highest BCUT2D eigenvalue weighted by molar-refractivity contribution is 5.91. The predicted molar refractivity (Wildman–Crippen MR) is 91.3 cm³/mol. The van der Waals surface area contributed by atoms with Crippen molar-refractivity contribution in [2.24, 2.45) is 0 Å². The number of methoxy groups -OCH3 is 2. The van der Waals surface area contributed by atoms with Crippen LogP contribution in [0.3, 0.4) is 0 Å². The second kappa shape index (κ2) is 6.81. The molecule has 2 amide bonds. The fraction of sp³-hybridized carbons (Fsp3) is 0.529. The van der Waals surface area contributed by atoms with Gasteiger partial charge < -0.3 is 24.2 Å². The van der Waals surface area contributed by atoms with Crippen LogP contribution in [0.25, 0.3) is 0 Å². The van der Waals surface area contributed by atoms with Gasteiger partial charge in [-0.1, -0.05) is 5.16 Å². The number of carbonyl (C=O) groups is 1. The number of urea groups is 1. The van der Waals surface area contributed by atoms with Crippen LogP contribution in [-0.2, 0) is 0 Å². The molecule has 2 aliphatic rings. The van der Waals surface area contributed by atoms with E-state index in [9.17, 15) is 4.79 Å². The highest BCUT2D eigenvalue weighted by Gasteiger charge is 2.36. The van der Waals surface area contributed by atoms with Gasteiger partial charge in [0, 0.05) is 18.5 Å². The van der Waals surface area contributed by atoms with E-state index in [4.69, 9.17) is 14.0 Å². The Bertz CT molecular complexity index is 804. The van der Waals surface area contributed by atoms with E-state index >= 15 is 0 Å². The minimum atomic E-state index is -0.246. The molecule has 1 aliphatic carbocycles. The third-order valence-corrected chi connectivity index (χ3v) is 4.68. The van der Waals surface area contributed by atoms with Gasteiger partial charge in [-0.05, 0) is 31.7 Å². The van der Waals surface area contributed by atoms with Crippen LogP contribution in [0.5, 0.6) is 11.8 Å². The number of rotatable bonds is 5. The highest BCUT2D eigenvalue weighted by atomic mass is 16.5. The molecule has 26 heavy (non-hydrogen) atoms. The molecule has 0 spiro atoms. The van der Waals surface area contributed by atoms with Crippen molar-refractivity contribution in [1.29, 1.82) is 0 Å². The zero-order chi connectivity index (χ0) is 18.1. The summed E-state index contributed by atoms with van der Waals surface area (Å²) in [5.41, 5.74) is 0.480. The summed E-state index contributed by atoms with van der Waals surface area (Å²) in [6.45, 7) is 0.629. The monoisotopic (exact) mass is 359 g/mol. The van der Waals surface area contributed by atoms with Crippen LogP contribution >= 0.6 is 0 Å². The van der Waals surface area contributed by atoms with Crippen molar-refractivity contribution in [3.05, 3.63) is 23.8 Å². The Hall–Kier alpha value is -2.84. The first-order chi connectivity index (χ1) is 12.7. The Morgan fingerprint density at radius 2 is 2.08 bits per heavy atom. The molecule has 0 radical (unpaired) electrons. The number of likely N-dealkylation sites (tertiary alicyclic amines) is 1. The Morgan fingerprint density at radius 3 is 2.81 bits per heavy atom. The van der Waals surface area contributed by atoms with Gasteiger partial charge in [0.25, 0.3) is 0 Å². The SMILES string of the molecule is COc1ccc(NC(=O)N2CCC[C@H]2c2nc(C3CC3)no2)c(OC)n1. The van der Waals surface area contributed by atoms with Crippen LogP contribution in [0.1, 0.15) is 49.4 Å². The largest absolute Gasteiger partial charge is 0.481 e. The molecule has 4 rings (SSSR count). The summed E-state index contributed by atoms with van der Waals surface area (Å²) in [7, 11) is 3.02. The summed E-state index contributed by atoms with van der Waals surface area (Å²) < 4.78 is 15.7. The summed E-state index contributed by atoms with van der Waals surface area (Å²) in [6, 6.07) is 2.92. The number of anilines is 1. The molecular weight excluding hydrogens is 338 g/mol. The van der Waals surface area contributed by atoms with Gasteiger partial charge >= 0.3 is 6.03 Å². The zero-order valence-corrected chi connectivity index (χ0v) is 14.8. The zero-order valence-electron chi connectivity index (χ0n) is 14.8. The van der Waals surface area contributed by atoms with Gasteiger partial charge in [-0.25, -0.2) is 4.79 Å². The molecule has 1 aliphatic heterocycles. The van der Waals surface area contributed by atoms with Crippen molar-refractivity contribution in [2.75, 3.05) is 26.1 Å². The van der Waals surface area contributed by atoms with Gasteiger partial charge in [0.2, 0.25) is 17.7 Å². The van der Waals surface area contributed by atoms with Crippen molar-refractivity contribution in [3.63, 3.8) is 0 Å². The number of amides is 2. The molecule has 2 aromatic rings. The molecule has 2 aromatic heterocycles. The van der Waals surface area contributed by atoms with Gasteiger partial charge in [0.15, 0.2) is 5.82 Å². The molecule has 0 bridgehead atoms. The normalized spacial score (nSPS) is 19.5. The van der Waals surface area contributed by atoms with Crippen LogP contribution < -0.4 is 14.8 Å². The molecule has 1 N–H and O–H groups in total. The number of ether oxygens (including phenoxy) is 2. The lowest BCUT2D eigenvalue weighted by Gasteiger charge is -2.22. The number of aromatic nitrogens is 3. The quantitative estimate of drug-likeness (QED) is 0.875.